The molecule has 2 unspecified atom stereocenters. The molecule has 2 atom stereocenters. The number of halogens is 1. The zero-order chi connectivity index (χ0) is 12.4. The van der Waals surface area contributed by atoms with Crippen LogP contribution in [0.1, 0.15) is 19.4 Å². The van der Waals surface area contributed by atoms with Gasteiger partial charge in [-0.05, 0) is 41.4 Å². The van der Waals surface area contributed by atoms with E-state index in [0.717, 1.165) is 29.8 Å². The van der Waals surface area contributed by atoms with Crippen molar-refractivity contribution in [3.63, 3.8) is 0 Å². The van der Waals surface area contributed by atoms with Crippen LogP contribution in [-0.4, -0.2) is 30.2 Å². The van der Waals surface area contributed by atoms with E-state index in [1.165, 1.54) is 5.56 Å². The minimum absolute atomic E-state index is 0.304. The van der Waals surface area contributed by atoms with Crippen LogP contribution < -0.4 is 5.73 Å². The first-order valence-corrected chi connectivity index (χ1v) is 6.76. The van der Waals surface area contributed by atoms with Crippen LogP contribution in [0.25, 0.3) is 0 Å². The lowest BCUT2D eigenvalue weighted by Gasteiger charge is -2.35. The van der Waals surface area contributed by atoms with Crippen molar-refractivity contribution in [2.75, 3.05) is 18.8 Å². The van der Waals surface area contributed by atoms with Crippen LogP contribution in [0.15, 0.2) is 22.7 Å². The van der Waals surface area contributed by atoms with Gasteiger partial charge in [0.15, 0.2) is 0 Å². The lowest BCUT2D eigenvalue weighted by Crippen LogP contribution is -2.44. The van der Waals surface area contributed by atoms with Gasteiger partial charge in [0, 0.05) is 29.8 Å². The van der Waals surface area contributed by atoms with Crippen LogP contribution >= 0.6 is 15.9 Å². The summed E-state index contributed by atoms with van der Waals surface area (Å²) in [5.41, 5.74) is 7.93. The largest absolute Gasteiger partial charge is 0.398 e. The van der Waals surface area contributed by atoms with Gasteiger partial charge in [0.25, 0.3) is 0 Å². The molecule has 1 aliphatic heterocycles. The summed E-state index contributed by atoms with van der Waals surface area (Å²) in [6.07, 6.45) is 0.608. The van der Waals surface area contributed by atoms with E-state index < -0.39 is 0 Å². The molecule has 1 aliphatic rings. The summed E-state index contributed by atoms with van der Waals surface area (Å²) in [4.78, 5) is 2.42. The Morgan fingerprint density at radius 2 is 2.00 bits per heavy atom. The molecule has 0 amide bonds. The van der Waals surface area contributed by atoms with Crippen LogP contribution in [0, 0.1) is 0 Å². The van der Waals surface area contributed by atoms with Crippen LogP contribution in [0.4, 0.5) is 5.69 Å². The van der Waals surface area contributed by atoms with Gasteiger partial charge < -0.3 is 10.5 Å². The van der Waals surface area contributed by atoms with E-state index in [1.54, 1.807) is 0 Å². The number of nitrogens with zero attached hydrogens (tertiary/aromatic N) is 1. The average Bonchev–Trinajstić information content (AvgIpc) is 2.23. The Kier molecular flexibility index (Phi) is 4.07. The van der Waals surface area contributed by atoms with Gasteiger partial charge in [0.1, 0.15) is 0 Å². The monoisotopic (exact) mass is 298 g/mol. The normalized spacial score (nSPS) is 26.1. The van der Waals surface area contributed by atoms with Gasteiger partial charge in [-0.25, -0.2) is 0 Å². The van der Waals surface area contributed by atoms with Crippen molar-refractivity contribution in [1.82, 2.24) is 4.90 Å². The number of hydrogen-bond acceptors (Lipinski definition) is 3. The molecule has 0 saturated carbocycles. The predicted octanol–water partition coefficient (Wildman–Crippen LogP) is 2.64. The van der Waals surface area contributed by atoms with Crippen LogP contribution in [0.2, 0.25) is 0 Å². The number of anilines is 1. The molecule has 17 heavy (non-hydrogen) atoms. The highest BCUT2D eigenvalue weighted by Crippen LogP contribution is 2.25. The third-order valence-corrected chi connectivity index (χ3v) is 3.96. The van der Waals surface area contributed by atoms with E-state index in [4.69, 9.17) is 10.5 Å². The fraction of sp³-hybridized carbons (Fsp3) is 0.538. The molecule has 4 heteroatoms. The second-order valence-corrected chi connectivity index (χ2v) is 5.56. The van der Waals surface area contributed by atoms with Gasteiger partial charge in [0.05, 0.1) is 12.2 Å². The molecule has 1 heterocycles. The van der Waals surface area contributed by atoms with Crippen molar-refractivity contribution < 1.29 is 4.74 Å². The maximum absolute atomic E-state index is 5.89. The number of rotatable bonds is 2. The summed E-state index contributed by atoms with van der Waals surface area (Å²) in [6, 6.07) is 6.03. The summed E-state index contributed by atoms with van der Waals surface area (Å²) in [5, 5.41) is 0. The minimum Gasteiger partial charge on any atom is -0.398 e. The third-order valence-electron chi connectivity index (χ3n) is 3.00. The van der Waals surface area contributed by atoms with Crippen molar-refractivity contribution in [2.45, 2.75) is 32.6 Å². The molecule has 0 spiro atoms. The van der Waals surface area contributed by atoms with Crippen molar-refractivity contribution in [2.24, 2.45) is 0 Å². The molecule has 1 aromatic carbocycles. The number of ether oxygens (including phenoxy) is 1. The molecule has 0 bridgehead atoms. The number of nitrogen functional groups attached to an aromatic ring is 1. The Morgan fingerprint density at radius 3 is 2.65 bits per heavy atom. The molecule has 94 valence electrons. The Hall–Kier alpha value is -0.580. The molecule has 0 radical (unpaired) electrons. The maximum Gasteiger partial charge on any atom is 0.0678 e. The highest BCUT2D eigenvalue weighted by atomic mass is 79.9. The predicted molar refractivity (Wildman–Crippen MR) is 73.8 cm³/mol. The lowest BCUT2D eigenvalue weighted by atomic mass is 10.1. The molecular formula is C13H19BrN2O. The number of morpholine rings is 1. The molecule has 1 aromatic rings. The summed E-state index contributed by atoms with van der Waals surface area (Å²) >= 11 is 3.55. The van der Waals surface area contributed by atoms with Crippen LogP contribution in [0.3, 0.4) is 0 Å². The van der Waals surface area contributed by atoms with E-state index in [1.807, 2.05) is 12.1 Å². The summed E-state index contributed by atoms with van der Waals surface area (Å²) in [6.45, 7) is 7.12. The molecule has 0 aromatic heterocycles. The second-order valence-electron chi connectivity index (χ2n) is 4.77. The SMILES string of the molecule is CC1CN(Cc2cccc(N)c2Br)CC(C)O1. The lowest BCUT2D eigenvalue weighted by molar-refractivity contribution is -0.0705. The molecule has 1 saturated heterocycles. The summed E-state index contributed by atoms with van der Waals surface area (Å²) in [7, 11) is 0. The molecular weight excluding hydrogens is 280 g/mol. The Morgan fingerprint density at radius 1 is 1.35 bits per heavy atom. The highest BCUT2D eigenvalue weighted by Gasteiger charge is 2.22. The topological polar surface area (TPSA) is 38.5 Å². The number of nitrogens with two attached hydrogens (primary N) is 1. The second kappa shape index (κ2) is 5.38. The van der Waals surface area contributed by atoms with Crippen molar-refractivity contribution in [3.05, 3.63) is 28.2 Å². The molecule has 2 N–H and O–H groups in total. The standard InChI is InChI=1S/C13H19BrN2O/c1-9-6-16(7-10(2)17-9)8-11-4-3-5-12(15)13(11)14/h3-5,9-10H,6-8,15H2,1-2H3. The summed E-state index contributed by atoms with van der Waals surface area (Å²) in [5.74, 6) is 0. The Balaban J connectivity index is 2.07. The van der Waals surface area contributed by atoms with Gasteiger partial charge in [-0.15, -0.1) is 0 Å². The zero-order valence-electron chi connectivity index (χ0n) is 10.3. The van der Waals surface area contributed by atoms with E-state index >= 15 is 0 Å². The van der Waals surface area contributed by atoms with Crippen LogP contribution in [0.5, 0.6) is 0 Å². The first kappa shape index (κ1) is 12.9. The van der Waals surface area contributed by atoms with Gasteiger partial charge >= 0.3 is 0 Å². The van der Waals surface area contributed by atoms with Gasteiger partial charge in [-0.1, -0.05) is 12.1 Å². The fourth-order valence-corrected chi connectivity index (χ4v) is 2.77. The highest BCUT2D eigenvalue weighted by molar-refractivity contribution is 9.10. The van der Waals surface area contributed by atoms with Gasteiger partial charge in [-0.3, -0.25) is 4.90 Å². The number of hydrogen-bond donors (Lipinski definition) is 1. The zero-order valence-corrected chi connectivity index (χ0v) is 11.9. The van der Waals surface area contributed by atoms with Crippen molar-refractivity contribution in [3.8, 4) is 0 Å². The van der Waals surface area contributed by atoms with E-state index in [9.17, 15) is 0 Å². The van der Waals surface area contributed by atoms with E-state index in [-0.39, 0.29) is 0 Å². The Bertz CT molecular complexity index is 387. The molecule has 2 rings (SSSR count). The minimum atomic E-state index is 0.304. The first-order valence-electron chi connectivity index (χ1n) is 5.97. The number of benzene rings is 1. The van der Waals surface area contributed by atoms with E-state index in [2.05, 4.69) is 40.7 Å². The molecule has 1 fully saturated rings. The third kappa shape index (κ3) is 3.21. The maximum atomic E-state index is 5.89. The smallest absolute Gasteiger partial charge is 0.0678 e. The molecule has 3 nitrogen and oxygen atoms in total. The van der Waals surface area contributed by atoms with Gasteiger partial charge in [0.2, 0.25) is 0 Å². The van der Waals surface area contributed by atoms with Crippen LogP contribution in [-0.2, 0) is 11.3 Å². The quantitative estimate of drug-likeness (QED) is 0.853. The van der Waals surface area contributed by atoms with Crippen molar-refractivity contribution >= 4 is 21.6 Å². The van der Waals surface area contributed by atoms with E-state index in [0.29, 0.717) is 12.2 Å². The first-order chi connectivity index (χ1) is 8.06. The Labute approximate surface area is 111 Å². The average molecular weight is 299 g/mol. The van der Waals surface area contributed by atoms with Gasteiger partial charge in [-0.2, -0.15) is 0 Å². The summed E-state index contributed by atoms with van der Waals surface area (Å²) < 4.78 is 6.75. The molecule has 0 aliphatic carbocycles. The fourth-order valence-electron chi connectivity index (χ4n) is 2.38. The van der Waals surface area contributed by atoms with Crippen molar-refractivity contribution in [1.29, 1.82) is 0 Å².